The molecule has 0 radical (unpaired) electrons. The molecule has 0 aliphatic carbocycles. The molecule has 62 valence electrons. The first-order valence-electron chi connectivity index (χ1n) is 3.37. The van der Waals surface area contributed by atoms with E-state index in [1.165, 1.54) is 0 Å². The van der Waals surface area contributed by atoms with Gasteiger partial charge in [-0.15, -0.1) is 0 Å². The van der Waals surface area contributed by atoms with Crippen LogP contribution >= 0.6 is 0 Å². The van der Waals surface area contributed by atoms with Crippen LogP contribution in [-0.4, -0.2) is 23.7 Å². The summed E-state index contributed by atoms with van der Waals surface area (Å²) >= 11 is 0. The van der Waals surface area contributed by atoms with Crippen molar-refractivity contribution in [2.45, 2.75) is 25.3 Å². The van der Waals surface area contributed by atoms with Gasteiger partial charge in [-0.2, -0.15) is 0 Å². The average molecular weight is 170 g/mol. The second-order valence-corrected chi connectivity index (χ2v) is 2.23. The molecule has 5 heteroatoms. The van der Waals surface area contributed by atoms with Crippen LogP contribution < -0.4 is 41.0 Å². The SMILES string of the molecule is NCCCC[C@@H](N)C(=O)O.[H-].[Na+]. The minimum Gasteiger partial charge on any atom is -1.00 e. The molecule has 0 amide bonds. The van der Waals surface area contributed by atoms with Crippen molar-refractivity contribution in [3.05, 3.63) is 0 Å². The molecule has 0 aromatic heterocycles. The van der Waals surface area contributed by atoms with E-state index < -0.39 is 12.0 Å². The largest absolute Gasteiger partial charge is 1.00 e. The molecule has 0 unspecified atom stereocenters. The van der Waals surface area contributed by atoms with Gasteiger partial charge in [0.1, 0.15) is 6.04 Å². The third-order valence-electron chi connectivity index (χ3n) is 1.29. The normalized spacial score (nSPS) is 11.8. The molecule has 0 bridgehead atoms. The Kier molecular flexibility index (Phi) is 10.8. The van der Waals surface area contributed by atoms with Crippen molar-refractivity contribution >= 4 is 5.97 Å². The zero-order valence-electron chi connectivity index (χ0n) is 7.92. The summed E-state index contributed by atoms with van der Waals surface area (Å²) in [4.78, 5) is 10.1. The predicted molar refractivity (Wildman–Crippen MR) is 39.6 cm³/mol. The molecule has 0 aromatic rings. The Morgan fingerprint density at radius 3 is 2.45 bits per heavy atom. The number of carboxylic acids is 1. The van der Waals surface area contributed by atoms with Crippen LogP contribution in [0, 0.1) is 0 Å². The summed E-state index contributed by atoms with van der Waals surface area (Å²) in [5, 5.41) is 8.33. The fraction of sp³-hybridized carbons (Fsp3) is 0.833. The summed E-state index contributed by atoms with van der Waals surface area (Å²) in [5.74, 6) is -0.933. The van der Waals surface area contributed by atoms with Crippen LogP contribution in [0.2, 0.25) is 0 Å². The molecule has 5 N–H and O–H groups in total. The summed E-state index contributed by atoms with van der Waals surface area (Å²) in [6.07, 6.45) is 2.16. The van der Waals surface area contributed by atoms with E-state index in [2.05, 4.69) is 0 Å². The van der Waals surface area contributed by atoms with Crippen LogP contribution in [0.15, 0.2) is 0 Å². The molecule has 0 saturated heterocycles. The van der Waals surface area contributed by atoms with Gasteiger partial charge in [0, 0.05) is 0 Å². The quantitative estimate of drug-likeness (QED) is 0.297. The topological polar surface area (TPSA) is 89.3 Å². The van der Waals surface area contributed by atoms with Crippen LogP contribution in [-0.2, 0) is 4.79 Å². The van der Waals surface area contributed by atoms with Crippen LogP contribution in [0.4, 0.5) is 0 Å². The Morgan fingerprint density at radius 1 is 1.55 bits per heavy atom. The fourth-order valence-corrected chi connectivity index (χ4v) is 0.632. The molecule has 0 aromatic carbocycles. The van der Waals surface area contributed by atoms with Crippen LogP contribution in [0.5, 0.6) is 0 Å². The summed E-state index contributed by atoms with van der Waals surface area (Å²) in [6.45, 7) is 0.604. The first-order chi connectivity index (χ1) is 4.68. The van der Waals surface area contributed by atoms with E-state index >= 15 is 0 Å². The maximum atomic E-state index is 10.1. The Bertz CT molecular complexity index is 116. The Morgan fingerprint density at radius 2 is 2.09 bits per heavy atom. The monoisotopic (exact) mass is 170 g/mol. The number of hydrogen-bond acceptors (Lipinski definition) is 3. The van der Waals surface area contributed by atoms with Crippen molar-refractivity contribution in [3.63, 3.8) is 0 Å². The standard InChI is InChI=1S/C6H14N2O2.Na.H/c7-4-2-1-3-5(8)6(9)10;;/h5H,1-4,7-8H2,(H,9,10);;/q;+1;-1/t5-;;/m1../s1. The van der Waals surface area contributed by atoms with E-state index in [-0.39, 0.29) is 31.0 Å². The minimum atomic E-state index is -0.933. The van der Waals surface area contributed by atoms with E-state index in [0.717, 1.165) is 12.8 Å². The van der Waals surface area contributed by atoms with Gasteiger partial charge in [0.2, 0.25) is 0 Å². The maximum absolute atomic E-state index is 10.1. The van der Waals surface area contributed by atoms with E-state index in [9.17, 15) is 4.79 Å². The van der Waals surface area contributed by atoms with E-state index in [0.29, 0.717) is 13.0 Å². The van der Waals surface area contributed by atoms with Crippen LogP contribution in [0.3, 0.4) is 0 Å². The number of carboxylic acid groups (broad SMARTS) is 1. The van der Waals surface area contributed by atoms with Crippen molar-refractivity contribution in [1.29, 1.82) is 0 Å². The average Bonchev–Trinajstić information content (AvgIpc) is 1.88. The minimum absolute atomic E-state index is 0. The van der Waals surface area contributed by atoms with Gasteiger partial charge >= 0.3 is 35.5 Å². The van der Waals surface area contributed by atoms with E-state index in [4.69, 9.17) is 16.6 Å². The van der Waals surface area contributed by atoms with Gasteiger partial charge < -0.3 is 18.0 Å². The van der Waals surface area contributed by atoms with E-state index in [1.54, 1.807) is 0 Å². The molecular weight excluding hydrogens is 155 g/mol. The molecule has 11 heavy (non-hydrogen) atoms. The van der Waals surface area contributed by atoms with Gasteiger partial charge in [-0.05, 0) is 19.4 Å². The molecule has 4 nitrogen and oxygen atoms in total. The van der Waals surface area contributed by atoms with Crippen LogP contribution in [0.1, 0.15) is 20.7 Å². The number of rotatable bonds is 5. The second kappa shape index (κ2) is 8.49. The fourth-order valence-electron chi connectivity index (χ4n) is 0.632. The van der Waals surface area contributed by atoms with Crippen molar-refractivity contribution in [2.24, 2.45) is 11.5 Å². The summed E-state index contributed by atoms with van der Waals surface area (Å²) in [7, 11) is 0. The van der Waals surface area contributed by atoms with Crippen molar-refractivity contribution < 1.29 is 40.9 Å². The Balaban J connectivity index is -0.000000405. The molecule has 0 aliphatic heterocycles. The molecule has 1 atom stereocenters. The van der Waals surface area contributed by atoms with Crippen molar-refractivity contribution in [2.75, 3.05) is 6.54 Å². The first-order valence-corrected chi connectivity index (χ1v) is 3.37. The number of aliphatic carboxylic acids is 1. The molecule has 0 rings (SSSR count). The number of unbranched alkanes of at least 4 members (excludes halogenated alkanes) is 1. The van der Waals surface area contributed by atoms with Gasteiger partial charge in [-0.3, -0.25) is 4.79 Å². The third-order valence-corrected chi connectivity index (χ3v) is 1.29. The molecule has 0 saturated carbocycles. The van der Waals surface area contributed by atoms with Gasteiger partial charge in [0.05, 0.1) is 0 Å². The zero-order chi connectivity index (χ0) is 7.98. The predicted octanol–water partition coefficient (Wildman–Crippen LogP) is -3.36. The zero-order valence-corrected chi connectivity index (χ0v) is 8.92. The second-order valence-electron chi connectivity index (χ2n) is 2.23. The first kappa shape index (κ1) is 13.9. The van der Waals surface area contributed by atoms with E-state index in [1.807, 2.05) is 0 Å². The van der Waals surface area contributed by atoms with Gasteiger partial charge in [-0.1, -0.05) is 6.42 Å². The Hall–Kier alpha value is 0.390. The van der Waals surface area contributed by atoms with Crippen LogP contribution in [0.25, 0.3) is 0 Å². The number of nitrogens with two attached hydrogens (primary N) is 2. The molecule has 0 fully saturated rings. The third kappa shape index (κ3) is 8.29. The summed E-state index contributed by atoms with van der Waals surface area (Å²) in [6, 6.07) is -0.716. The van der Waals surface area contributed by atoms with Crippen molar-refractivity contribution in [3.8, 4) is 0 Å². The number of hydrogen-bond donors (Lipinski definition) is 3. The molecule has 0 heterocycles. The molecule has 0 aliphatic rings. The molecular formula is C6H15N2NaO2. The van der Waals surface area contributed by atoms with Crippen molar-refractivity contribution in [1.82, 2.24) is 0 Å². The maximum Gasteiger partial charge on any atom is 1.00 e. The summed E-state index contributed by atoms with van der Waals surface area (Å²) in [5.41, 5.74) is 10.4. The smallest absolute Gasteiger partial charge is 1.00 e. The molecule has 0 spiro atoms. The Labute approximate surface area is 90.1 Å². The number of carbonyl (C=O) groups is 1. The van der Waals surface area contributed by atoms with Gasteiger partial charge in [0.25, 0.3) is 0 Å². The van der Waals surface area contributed by atoms with Gasteiger partial charge in [-0.25, -0.2) is 0 Å². The summed E-state index contributed by atoms with van der Waals surface area (Å²) < 4.78 is 0. The van der Waals surface area contributed by atoms with Gasteiger partial charge in [0.15, 0.2) is 0 Å².